The van der Waals surface area contributed by atoms with Gasteiger partial charge in [-0.25, -0.2) is 0 Å². The Hall–Kier alpha value is -4.13. The number of esters is 1. The number of unbranched alkanes of at least 4 members (excludes halogenated alkanes) is 1. The van der Waals surface area contributed by atoms with Crippen LogP contribution >= 0.6 is 0 Å². The fraction of sp³-hybridized carbons (Fsp3) is 0.576. The molecule has 2 fully saturated rings. The van der Waals surface area contributed by atoms with Gasteiger partial charge in [0.1, 0.15) is 54.9 Å². The summed E-state index contributed by atoms with van der Waals surface area (Å²) in [4.78, 5) is 13.0. The molecule has 2 heterocycles. The van der Waals surface area contributed by atoms with E-state index in [9.17, 15) is 40.5 Å². The maximum Gasteiger partial charge on any atom is 0.306 e. The Labute approximate surface area is 436 Å². The Morgan fingerprint density at radius 2 is 0.822 bits per heavy atom. The van der Waals surface area contributed by atoms with E-state index in [1.807, 2.05) is 18.2 Å². The molecule has 0 aromatic carbocycles. The molecular formula is C59H90O14. The van der Waals surface area contributed by atoms with Crippen LogP contribution in [0.4, 0.5) is 0 Å². The van der Waals surface area contributed by atoms with E-state index in [0.717, 1.165) is 77.0 Å². The third-order valence-electron chi connectivity index (χ3n) is 11.4. The lowest BCUT2D eigenvalue weighted by atomic mass is 9.98. The minimum absolute atomic E-state index is 0.0278. The van der Waals surface area contributed by atoms with Gasteiger partial charge in [0.15, 0.2) is 12.6 Å². The molecule has 7 N–H and O–H groups in total. The van der Waals surface area contributed by atoms with E-state index in [0.29, 0.717) is 25.9 Å². The Morgan fingerprint density at radius 3 is 1.25 bits per heavy atom. The fourth-order valence-electron chi connectivity index (χ4n) is 7.16. The summed E-state index contributed by atoms with van der Waals surface area (Å²) in [6, 6.07) is 0. The highest BCUT2D eigenvalue weighted by molar-refractivity contribution is 5.69. The Bertz CT molecular complexity index is 1760. The number of aliphatic hydroxyl groups is 7. The zero-order valence-corrected chi connectivity index (χ0v) is 43.5. The smallest absolute Gasteiger partial charge is 0.306 e. The van der Waals surface area contributed by atoms with Crippen molar-refractivity contribution in [3.8, 4) is 0 Å². The van der Waals surface area contributed by atoms with Crippen LogP contribution in [0.1, 0.15) is 117 Å². The lowest BCUT2D eigenvalue weighted by Crippen LogP contribution is -2.61. The van der Waals surface area contributed by atoms with Gasteiger partial charge in [-0.3, -0.25) is 4.79 Å². The molecule has 0 aromatic heterocycles. The summed E-state index contributed by atoms with van der Waals surface area (Å²) >= 11 is 0. The first-order chi connectivity index (χ1) is 35.6. The monoisotopic (exact) mass is 1020 g/mol. The molecule has 410 valence electrons. The van der Waals surface area contributed by atoms with Gasteiger partial charge in [0.2, 0.25) is 0 Å². The molecule has 0 spiro atoms. The molecular weight excluding hydrogens is 933 g/mol. The first kappa shape index (κ1) is 65.0. The van der Waals surface area contributed by atoms with Crippen LogP contribution in [0.3, 0.4) is 0 Å². The highest BCUT2D eigenvalue weighted by Gasteiger charge is 2.47. The third-order valence-corrected chi connectivity index (χ3v) is 11.4. The average molecular weight is 1020 g/mol. The van der Waals surface area contributed by atoms with Crippen molar-refractivity contribution < 1.29 is 69.0 Å². The molecule has 11 unspecified atom stereocenters. The van der Waals surface area contributed by atoms with Crippen molar-refractivity contribution in [1.29, 1.82) is 0 Å². The molecule has 2 aliphatic heterocycles. The average Bonchev–Trinajstić information content (AvgIpc) is 3.39. The maximum atomic E-state index is 13.0. The van der Waals surface area contributed by atoms with Crippen molar-refractivity contribution in [1.82, 2.24) is 0 Å². The first-order valence-electron chi connectivity index (χ1n) is 26.4. The van der Waals surface area contributed by atoms with E-state index < -0.39 is 86.7 Å². The standard InChI is InChI=1S/C59H90O14/c1-3-5-7-9-11-13-15-17-19-21-22-23-24-25-26-27-28-30-32-34-36-38-40-42-51(61)71-48(45-68-43-41-39-37-35-33-31-29-20-18-16-14-12-10-8-6-4-2)46-69-58-57(67)55(65)53(63)50(73-58)47-70-59-56(66)54(64)52(62)49(44-60)72-59/h5-8,11-14,17-20,22-23,25-26,28,30-31,33-34,36-37,39,48-50,52-60,62-67H,3-4,9-10,15-16,21,24,27,29,32,35,38,40-47H2,1-2H3/b7-5-,8-6-,13-11-,14-12-,19-17-,20-18-,23-22-,26-25-,30-28-,33-31-,36-34-,39-37-. The molecule has 2 rings (SSSR count). The number of rotatable bonds is 39. The molecule has 0 amide bonds. The normalized spacial score (nSPS) is 26.2. The maximum absolute atomic E-state index is 13.0. The van der Waals surface area contributed by atoms with Crippen LogP contribution in [0.15, 0.2) is 146 Å². The molecule has 0 saturated carbocycles. The first-order valence-corrected chi connectivity index (χ1v) is 26.4. The molecule has 0 aromatic rings. The van der Waals surface area contributed by atoms with Gasteiger partial charge in [-0.1, -0.05) is 160 Å². The van der Waals surface area contributed by atoms with Crippen LogP contribution in [0.5, 0.6) is 0 Å². The zero-order valence-electron chi connectivity index (χ0n) is 43.5. The molecule has 0 radical (unpaired) electrons. The topological polar surface area (TPSA) is 214 Å². The van der Waals surface area contributed by atoms with E-state index in [2.05, 4.69) is 141 Å². The van der Waals surface area contributed by atoms with Crippen LogP contribution in [0.25, 0.3) is 0 Å². The molecule has 2 aliphatic rings. The molecule has 14 heteroatoms. The van der Waals surface area contributed by atoms with E-state index in [1.54, 1.807) is 0 Å². The number of hydrogen-bond donors (Lipinski definition) is 7. The van der Waals surface area contributed by atoms with Crippen LogP contribution < -0.4 is 0 Å². The number of ether oxygens (including phenoxy) is 6. The summed E-state index contributed by atoms with van der Waals surface area (Å²) in [7, 11) is 0. The molecule has 73 heavy (non-hydrogen) atoms. The second-order valence-corrected chi connectivity index (χ2v) is 17.6. The minimum Gasteiger partial charge on any atom is -0.457 e. The number of hydrogen-bond acceptors (Lipinski definition) is 14. The minimum atomic E-state index is -1.74. The van der Waals surface area contributed by atoms with Crippen molar-refractivity contribution in [3.05, 3.63) is 146 Å². The van der Waals surface area contributed by atoms with E-state index in [4.69, 9.17) is 28.4 Å². The predicted molar refractivity (Wildman–Crippen MR) is 288 cm³/mol. The van der Waals surface area contributed by atoms with Crippen molar-refractivity contribution in [2.75, 3.05) is 33.0 Å². The number of carbonyl (C=O) groups excluding carboxylic acids is 1. The second-order valence-electron chi connectivity index (χ2n) is 17.6. The number of aliphatic hydroxyl groups excluding tert-OH is 7. The van der Waals surface area contributed by atoms with E-state index in [1.165, 1.54) is 0 Å². The molecule has 2 saturated heterocycles. The summed E-state index contributed by atoms with van der Waals surface area (Å²) in [5, 5.41) is 72.2. The lowest BCUT2D eigenvalue weighted by molar-refractivity contribution is -0.332. The highest BCUT2D eigenvalue weighted by atomic mass is 16.7. The van der Waals surface area contributed by atoms with Crippen molar-refractivity contribution in [2.45, 2.75) is 184 Å². The fourth-order valence-corrected chi connectivity index (χ4v) is 7.16. The van der Waals surface area contributed by atoms with Crippen LogP contribution in [-0.2, 0) is 33.2 Å². The Balaban J connectivity index is 1.82. The van der Waals surface area contributed by atoms with Crippen LogP contribution in [0, 0.1) is 0 Å². The predicted octanol–water partition coefficient (Wildman–Crippen LogP) is 8.51. The van der Waals surface area contributed by atoms with Gasteiger partial charge < -0.3 is 64.2 Å². The van der Waals surface area contributed by atoms with Crippen LogP contribution in [-0.4, -0.2) is 142 Å². The van der Waals surface area contributed by atoms with E-state index >= 15 is 0 Å². The Kier molecular flexibility index (Phi) is 39.3. The number of carbonyl (C=O) groups is 1. The summed E-state index contributed by atoms with van der Waals surface area (Å²) < 4.78 is 34.1. The van der Waals surface area contributed by atoms with Gasteiger partial charge in [-0.15, -0.1) is 0 Å². The summed E-state index contributed by atoms with van der Waals surface area (Å²) in [5.74, 6) is -0.466. The van der Waals surface area contributed by atoms with Crippen molar-refractivity contribution in [2.24, 2.45) is 0 Å². The SMILES string of the molecule is CC/C=C\C/C=C\C/C=C\C/C=C\C/C=C\C/C=C\C/C=C\CCCC(=O)OC(COCC/C=C\C/C=C\C/C=C\C/C=C\C/C=C\CC)COC1OC(COC2OC(CO)C(O)C(O)C2O)C(O)C(O)C1O. The molecule has 0 aliphatic carbocycles. The van der Waals surface area contributed by atoms with Gasteiger partial charge in [0.05, 0.1) is 33.0 Å². The Morgan fingerprint density at radius 1 is 0.452 bits per heavy atom. The van der Waals surface area contributed by atoms with Crippen molar-refractivity contribution >= 4 is 5.97 Å². The van der Waals surface area contributed by atoms with Gasteiger partial charge in [-0.2, -0.15) is 0 Å². The van der Waals surface area contributed by atoms with E-state index in [-0.39, 0.29) is 19.6 Å². The number of allylic oxidation sites excluding steroid dienone is 23. The van der Waals surface area contributed by atoms with Gasteiger partial charge in [0.25, 0.3) is 0 Å². The second kappa shape index (κ2) is 44.2. The van der Waals surface area contributed by atoms with Gasteiger partial charge in [-0.05, 0) is 96.3 Å². The third kappa shape index (κ3) is 31.4. The summed E-state index contributed by atoms with van der Waals surface area (Å²) in [6.07, 6.45) is 47.9. The van der Waals surface area contributed by atoms with Gasteiger partial charge >= 0.3 is 5.97 Å². The summed E-state index contributed by atoms with van der Waals surface area (Å²) in [6.45, 7) is 3.10. The summed E-state index contributed by atoms with van der Waals surface area (Å²) in [5.41, 5.74) is 0. The zero-order chi connectivity index (χ0) is 53.0. The largest absolute Gasteiger partial charge is 0.457 e. The lowest BCUT2D eigenvalue weighted by Gasteiger charge is -2.42. The molecule has 0 bridgehead atoms. The molecule has 14 nitrogen and oxygen atoms in total. The van der Waals surface area contributed by atoms with Gasteiger partial charge in [0, 0.05) is 6.42 Å². The molecule has 11 atom stereocenters. The highest BCUT2D eigenvalue weighted by Crippen LogP contribution is 2.26. The quantitative estimate of drug-likeness (QED) is 0.0175. The van der Waals surface area contributed by atoms with Crippen molar-refractivity contribution in [3.63, 3.8) is 0 Å². The van der Waals surface area contributed by atoms with Crippen LogP contribution in [0.2, 0.25) is 0 Å².